The van der Waals surface area contributed by atoms with Crippen LogP contribution in [0.15, 0.2) is 48.5 Å². The number of nitrogens with zero attached hydrogens (tertiary/aromatic N) is 2. The maximum Gasteiger partial charge on any atom is 0.409 e. The molecular formula is C23H28N2O3. The number of aliphatic hydroxyl groups excluding tert-OH is 1. The summed E-state index contributed by atoms with van der Waals surface area (Å²) in [6.45, 7) is 6.57. The Morgan fingerprint density at radius 1 is 1.00 bits per heavy atom. The number of carbonyl (C=O) groups excluding carboxylic acids is 1. The van der Waals surface area contributed by atoms with E-state index in [4.69, 9.17) is 4.74 Å². The number of aliphatic hydroxyl groups is 1. The number of amides is 1. The van der Waals surface area contributed by atoms with E-state index < -0.39 is 0 Å². The Labute approximate surface area is 166 Å². The SMILES string of the molecule is C[C@@H]1CN(C(=O)OCC2c3ccccc3-c3ccccc32)C[C@H](C)N1CCO. The van der Waals surface area contributed by atoms with Crippen molar-refractivity contribution in [3.8, 4) is 11.1 Å². The van der Waals surface area contributed by atoms with Gasteiger partial charge >= 0.3 is 6.09 Å². The first-order chi connectivity index (χ1) is 13.6. The van der Waals surface area contributed by atoms with Crippen LogP contribution in [0.25, 0.3) is 11.1 Å². The molecule has 1 aliphatic heterocycles. The third kappa shape index (κ3) is 3.40. The monoisotopic (exact) mass is 380 g/mol. The predicted molar refractivity (Wildman–Crippen MR) is 109 cm³/mol. The van der Waals surface area contributed by atoms with E-state index >= 15 is 0 Å². The van der Waals surface area contributed by atoms with Crippen LogP contribution in [0.5, 0.6) is 0 Å². The summed E-state index contributed by atoms with van der Waals surface area (Å²) in [7, 11) is 0. The quantitative estimate of drug-likeness (QED) is 0.884. The van der Waals surface area contributed by atoms with Crippen LogP contribution >= 0.6 is 0 Å². The van der Waals surface area contributed by atoms with Crippen LogP contribution in [0, 0.1) is 0 Å². The van der Waals surface area contributed by atoms with E-state index in [9.17, 15) is 9.90 Å². The number of ether oxygens (including phenoxy) is 1. The zero-order valence-corrected chi connectivity index (χ0v) is 16.5. The summed E-state index contributed by atoms with van der Waals surface area (Å²) in [6, 6.07) is 17.1. The summed E-state index contributed by atoms with van der Waals surface area (Å²) >= 11 is 0. The molecule has 28 heavy (non-hydrogen) atoms. The number of hydrogen-bond acceptors (Lipinski definition) is 4. The summed E-state index contributed by atoms with van der Waals surface area (Å²) in [4.78, 5) is 16.8. The van der Waals surface area contributed by atoms with E-state index in [1.54, 1.807) is 4.90 Å². The zero-order chi connectivity index (χ0) is 19.7. The van der Waals surface area contributed by atoms with Crippen LogP contribution < -0.4 is 0 Å². The molecule has 0 radical (unpaired) electrons. The molecule has 2 atom stereocenters. The van der Waals surface area contributed by atoms with Gasteiger partial charge in [0.2, 0.25) is 0 Å². The second-order valence-corrected chi connectivity index (χ2v) is 7.87. The topological polar surface area (TPSA) is 53.0 Å². The maximum atomic E-state index is 12.8. The van der Waals surface area contributed by atoms with E-state index in [2.05, 4.69) is 55.1 Å². The number of carbonyl (C=O) groups is 1. The molecule has 1 amide bonds. The van der Waals surface area contributed by atoms with Gasteiger partial charge in [-0.2, -0.15) is 0 Å². The fourth-order valence-corrected chi connectivity index (χ4v) is 4.75. The van der Waals surface area contributed by atoms with Gasteiger partial charge in [-0.25, -0.2) is 4.79 Å². The molecule has 5 heteroatoms. The van der Waals surface area contributed by atoms with Crippen LogP contribution in [0.3, 0.4) is 0 Å². The van der Waals surface area contributed by atoms with Gasteiger partial charge in [0, 0.05) is 37.6 Å². The molecule has 1 aliphatic carbocycles. The van der Waals surface area contributed by atoms with E-state index in [0.717, 1.165) is 0 Å². The Balaban J connectivity index is 1.44. The molecule has 2 aromatic carbocycles. The van der Waals surface area contributed by atoms with Crippen molar-refractivity contribution in [2.75, 3.05) is 32.8 Å². The average Bonchev–Trinajstić information content (AvgIpc) is 3.02. The van der Waals surface area contributed by atoms with E-state index in [-0.39, 0.29) is 30.7 Å². The Hall–Kier alpha value is -2.37. The molecule has 1 heterocycles. The highest BCUT2D eigenvalue weighted by atomic mass is 16.6. The maximum absolute atomic E-state index is 12.8. The van der Waals surface area contributed by atoms with Crippen LogP contribution in [-0.4, -0.2) is 65.9 Å². The molecule has 2 aromatic rings. The molecule has 4 rings (SSSR count). The molecule has 0 aromatic heterocycles. The fraction of sp³-hybridized carbons (Fsp3) is 0.435. The number of piperazine rings is 1. The number of fused-ring (bicyclic) bond motifs is 3. The molecule has 148 valence electrons. The Morgan fingerprint density at radius 3 is 2.07 bits per heavy atom. The minimum Gasteiger partial charge on any atom is -0.448 e. The van der Waals surface area contributed by atoms with Gasteiger partial charge in [0.25, 0.3) is 0 Å². The highest BCUT2D eigenvalue weighted by Gasteiger charge is 2.34. The summed E-state index contributed by atoms with van der Waals surface area (Å²) in [5.41, 5.74) is 4.93. The Bertz CT molecular complexity index is 796. The van der Waals surface area contributed by atoms with E-state index in [0.29, 0.717) is 26.2 Å². The largest absolute Gasteiger partial charge is 0.448 e. The second kappa shape index (κ2) is 7.94. The highest BCUT2D eigenvalue weighted by molar-refractivity contribution is 5.79. The van der Waals surface area contributed by atoms with Gasteiger partial charge in [-0.15, -0.1) is 0 Å². The molecule has 1 N–H and O–H groups in total. The number of hydrogen-bond donors (Lipinski definition) is 1. The van der Waals surface area contributed by atoms with E-state index in [1.807, 2.05) is 12.1 Å². The molecule has 1 saturated heterocycles. The molecule has 0 saturated carbocycles. The van der Waals surface area contributed by atoms with Crippen molar-refractivity contribution >= 4 is 6.09 Å². The third-order valence-corrected chi connectivity index (χ3v) is 6.05. The van der Waals surface area contributed by atoms with Gasteiger partial charge in [0.15, 0.2) is 0 Å². The van der Waals surface area contributed by atoms with Crippen LogP contribution in [-0.2, 0) is 4.74 Å². The highest BCUT2D eigenvalue weighted by Crippen LogP contribution is 2.44. The standard InChI is InChI=1S/C23H28N2O3/c1-16-13-24(14-17(2)25(16)11-12-26)23(27)28-15-22-20-9-5-3-7-18(20)19-8-4-6-10-21(19)22/h3-10,16-17,22,26H,11-15H2,1-2H3/t16-,17+. The fourth-order valence-electron chi connectivity index (χ4n) is 4.75. The van der Waals surface area contributed by atoms with Crippen molar-refractivity contribution < 1.29 is 14.6 Å². The molecule has 1 fully saturated rings. The molecule has 2 aliphatic rings. The van der Waals surface area contributed by atoms with Crippen molar-refractivity contribution in [1.29, 1.82) is 0 Å². The molecule has 5 nitrogen and oxygen atoms in total. The molecule has 0 bridgehead atoms. The molecule has 0 spiro atoms. The van der Waals surface area contributed by atoms with Crippen LogP contribution in [0.4, 0.5) is 4.79 Å². The lowest BCUT2D eigenvalue weighted by atomic mass is 9.98. The Morgan fingerprint density at radius 2 is 1.54 bits per heavy atom. The normalized spacial score (nSPS) is 22.0. The molecule has 0 unspecified atom stereocenters. The van der Waals surface area contributed by atoms with Crippen LogP contribution in [0.1, 0.15) is 30.9 Å². The van der Waals surface area contributed by atoms with Gasteiger partial charge in [-0.3, -0.25) is 4.90 Å². The summed E-state index contributed by atoms with van der Waals surface area (Å²) in [5.74, 6) is 0.0851. The smallest absolute Gasteiger partial charge is 0.409 e. The number of benzene rings is 2. The van der Waals surface area contributed by atoms with Crippen molar-refractivity contribution in [3.05, 3.63) is 59.7 Å². The van der Waals surface area contributed by atoms with Gasteiger partial charge in [0.05, 0.1) is 6.61 Å². The first-order valence-electron chi connectivity index (χ1n) is 10.1. The zero-order valence-electron chi connectivity index (χ0n) is 16.5. The summed E-state index contributed by atoms with van der Waals surface area (Å²) < 4.78 is 5.79. The molecular weight excluding hydrogens is 352 g/mol. The number of rotatable bonds is 4. The lowest BCUT2D eigenvalue weighted by Gasteiger charge is -2.43. The van der Waals surface area contributed by atoms with Crippen LogP contribution in [0.2, 0.25) is 0 Å². The lowest BCUT2D eigenvalue weighted by molar-refractivity contribution is 0.0190. The van der Waals surface area contributed by atoms with Crippen molar-refractivity contribution in [3.63, 3.8) is 0 Å². The first kappa shape index (κ1) is 19.0. The minimum atomic E-state index is -0.246. The van der Waals surface area contributed by atoms with Crippen molar-refractivity contribution in [1.82, 2.24) is 9.80 Å². The first-order valence-corrected chi connectivity index (χ1v) is 10.1. The van der Waals surface area contributed by atoms with Gasteiger partial charge in [-0.05, 0) is 36.1 Å². The number of β-amino-alcohol motifs (C(OH)–C–C–N with tert-alkyl or cyclic N) is 1. The van der Waals surface area contributed by atoms with Crippen molar-refractivity contribution in [2.24, 2.45) is 0 Å². The predicted octanol–water partition coefficient (Wildman–Crippen LogP) is 3.32. The summed E-state index contributed by atoms with van der Waals surface area (Å²) in [5, 5.41) is 9.25. The van der Waals surface area contributed by atoms with Gasteiger partial charge < -0.3 is 14.7 Å². The third-order valence-electron chi connectivity index (χ3n) is 6.05. The average molecular weight is 380 g/mol. The lowest BCUT2D eigenvalue weighted by Crippen LogP contribution is -2.58. The minimum absolute atomic E-state index is 0.0851. The van der Waals surface area contributed by atoms with Gasteiger partial charge in [-0.1, -0.05) is 48.5 Å². The Kier molecular flexibility index (Phi) is 5.38. The van der Waals surface area contributed by atoms with Crippen molar-refractivity contribution in [2.45, 2.75) is 31.8 Å². The van der Waals surface area contributed by atoms with E-state index in [1.165, 1.54) is 22.3 Å². The summed E-state index contributed by atoms with van der Waals surface area (Å²) in [6.07, 6.45) is -0.246. The van der Waals surface area contributed by atoms with Gasteiger partial charge in [0.1, 0.15) is 6.61 Å². The second-order valence-electron chi connectivity index (χ2n) is 7.87.